The highest BCUT2D eigenvalue weighted by Crippen LogP contribution is 2.34. The maximum absolute atomic E-state index is 10.8. The maximum Gasteiger partial charge on any atom is 0.269 e. The topological polar surface area (TPSA) is 85.3 Å². The summed E-state index contributed by atoms with van der Waals surface area (Å²) in [5.41, 5.74) is 4.66. The Morgan fingerprint density at radius 3 is 2.64 bits per heavy atom. The quantitative estimate of drug-likeness (QED) is 0.476. The van der Waals surface area contributed by atoms with Gasteiger partial charge in [-0.1, -0.05) is 18.2 Å². The molecule has 2 aromatic carbocycles. The van der Waals surface area contributed by atoms with Crippen LogP contribution in [0.5, 0.6) is 0 Å². The Bertz CT molecular complexity index is 997. The van der Waals surface area contributed by atoms with Crippen LogP contribution in [0.2, 0.25) is 0 Å². The monoisotopic (exact) mass is 378 g/mol. The molecule has 0 N–H and O–H groups in total. The van der Waals surface area contributed by atoms with E-state index in [1.54, 1.807) is 12.1 Å². The number of benzene rings is 2. The van der Waals surface area contributed by atoms with Crippen molar-refractivity contribution in [1.82, 2.24) is 15.1 Å². The fourth-order valence-corrected chi connectivity index (χ4v) is 3.70. The Morgan fingerprint density at radius 2 is 1.93 bits per heavy atom. The summed E-state index contributed by atoms with van der Waals surface area (Å²) in [7, 11) is 0. The van der Waals surface area contributed by atoms with Gasteiger partial charge in [0.1, 0.15) is 0 Å². The molecule has 0 aliphatic carbocycles. The van der Waals surface area contributed by atoms with Crippen LogP contribution in [-0.4, -0.2) is 26.6 Å². The molecular weight excluding hydrogens is 356 g/mol. The Morgan fingerprint density at radius 1 is 1.14 bits per heavy atom. The van der Waals surface area contributed by atoms with Crippen molar-refractivity contribution in [3.05, 3.63) is 75.2 Å². The molecule has 28 heavy (non-hydrogen) atoms. The van der Waals surface area contributed by atoms with E-state index in [1.807, 2.05) is 0 Å². The van der Waals surface area contributed by atoms with Crippen LogP contribution in [-0.2, 0) is 6.54 Å². The zero-order chi connectivity index (χ0) is 19.7. The van der Waals surface area contributed by atoms with Gasteiger partial charge in [-0.05, 0) is 62.1 Å². The van der Waals surface area contributed by atoms with Crippen molar-refractivity contribution in [3.8, 4) is 11.5 Å². The minimum absolute atomic E-state index is 0.0387. The lowest BCUT2D eigenvalue weighted by molar-refractivity contribution is -0.384. The van der Waals surface area contributed by atoms with E-state index in [4.69, 9.17) is 4.42 Å². The van der Waals surface area contributed by atoms with Crippen LogP contribution in [0.3, 0.4) is 0 Å². The number of aryl methyl sites for hydroxylation is 2. The molecule has 7 heteroatoms. The molecule has 1 saturated heterocycles. The molecule has 7 nitrogen and oxygen atoms in total. The summed E-state index contributed by atoms with van der Waals surface area (Å²) in [4.78, 5) is 12.7. The normalized spacial score (nSPS) is 17.1. The second-order valence-corrected chi connectivity index (χ2v) is 7.28. The maximum atomic E-state index is 10.8. The highest BCUT2D eigenvalue weighted by atomic mass is 16.6. The summed E-state index contributed by atoms with van der Waals surface area (Å²) in [6, 6.07) is 13.2. The highest BCUT2D eigenvalue weighted by molar-refractivity contribution is 5.55. The van der Waals surface area contributed by atoms with Crippen LogP contribution < -0.4 is 0 Å². The average molecular weight is 378 g/mol. The summed E-state index contributed by atoms with van der Waals surface area (Å²) >= 11 is 0. The lowest BCUT2D eigenvalue weighted by atomic mass is 9.99. The molecule has 0 bridgehead atoms. The van der Waals surface area contributed by atoms with Gasteiger partial charge in [0.05, 0.1) is 11.5 Å². The Kier molecular flexibility index (Phi) is 4.92. The first-order valence-electron chi connectivity index (χ1n) is 9.39. The van der Waals surface area contributed by atoms with Gasteiger partial charge in [0.2, 0.25) is 11.8 Å². The number of non-ortho nitro benzene ring substituents is 1. The van der Waals surface area contributed by atoms with Crippen molar-refractivity contribution < 1.29 is 9.34 Å². The van der Waals surface area contributed by atoms with Crippen molar-refractivity contribution in [2.45, 2.75) is 39.3 Å². The average Bonchev–Trinajstić information content (AvgIpc) is 3.34. The predicted octanol–water partition coefficient (Wildman–Crippen LogP) is 4.60. The first-order chi connectivity index (χ1) is 13.5. The SMILES string of the molecule is Cc1ccc(C2CCCN2Cc2nnc(-c3ccc([N+](=O)[O-])cc3)o2)cc1C. The molecule has 1 aliphatic rings. The van der Waals surface area contributed by atoms with Crippen molar-refractivity contribution in [2.75, 3.05) is 6.54 Å². The molecule has 3 aromatic rings. The number of nitrogens with zero attached hydrogens (tertiary/aromatic N) is 4. The molecule has 1 fully saturated rings. The van der Waals surface area contributed by atoms with Gasteiger partial charge < -0.3 is 4.42 Å². The van der Waals surface area contributed by atoms with Gasteiger partial charge in [-0.3, -0.25) is 15.0 Å². The van der Waals surface area contributed by atoms with E-state index in [0.717, 1.165) is 19.4 Å². The fraction of sp³-hybridized carbons (Fsp3) is 0.333. The second-order valence-electron chi connectivity index (χ2n) is 7.28. The van der Waals surface area contributed by atoms with E-state index < -0.39 is 4.92 Å². The lowest BCUT2D eigenvalue weighted by Crippen LogP contribution is -2.23. The van der Waals surface area contributed by atoms with Crippen molar-refractivity contribution in [3.63, 3.8) is 0 Å². The summed E-state index contributed by atoms with van der Waals surface area (Å²) in [5.74, 6) is 0.941. The molecule has 0 amide bonds. The Labute approximate surface area is 163 Å². The standard InChI is InChI=1S/C21H22N4O3/c1-14-5-6-17(12-15(14)2)19-4-3-11-24(19)13-20-22-23-21(28-20)16-7-9-18(10-8-16)25(26)27/h5-10,12,19H,3-4,11,13H2,1-2H3. The Hall–Kier alpha value is -3.06. The van der Waals surface area contributed by atoms with Gasteiger partial charge in [0.15, 0.2) is 0 Å². The van der Waals surface area contributed by atoms with Crippen molar-refractivity contribution in [1.29, 1.82) is 0 Å². The zero-order valence-electron chi connectivity index (χ0n) is 16.0. The van der Waals surface area contributed by atoms with E-state index >= 15 is 0 Å². The third-order valence-corrected chi connectivity index (χ3v) is 5.41. The molecule has 0 saturated carbocycles. The van der Waals surface area contributed by atoms with E-state index in [2.05, 4.69) is 47.1 Å². The third kappa shape index (κ3) is 3.66. The van der Waals surface area contributed by atoms with Crippen LogP contribution in [0.1, 0.15) is 41.5 Å². The number of aromatic nitrogens is 2. The third-order valence-electron chi connectivity index (χ3n) is 5.41. The molecule has 4 rings (SSSR count). The van der Waals surface area contributed by atoms with Crippen LogP contribution in [0.4, 0.5) is 5.69 Å². The van der Waals surface area contributed by atoms with Crippen LogP contribution >= 0.6 is 0 Å². The Balaban J connectivity index is 1.49. The number of rotatable bonds is 5. The number of nitro groups is 1. The molecule has 1 aromatic heterocycles. The van der Waals surface area contributed by atoms with E-state index in [0.29, 0.717) is 29.9 Å². The van der Waals surface area contributed by atoms with Gasteiger partial charge in [-0.25, -0.2) is 0 Å². The van der Waals surface area contributed by atoms with Gasteiger partial charge in [-0.2, -0.15) is 0 Å². The van der Waals surface area contributed by atoms with Crippen LogP contribution in [0.25, 0.3) is 11.5 Å². The molecule has 1 atom stereocenters. The molecule has 144 valence electrons. The molecule has 0 spiro atoms. The van der Waals surface area contributed by atoms with E-state index in [1.165, 1.54) is 28.8 Å². The number of hydrogen-bond acceptors (Lipinski definition) is 6. The van der Waals surface area contributed by atoms with Crippen molar-refractivity contribution >= 4 is 5.69 Å². The minimum atomic E-state index is -0.427. The van der Waals surface area contributed by atoms with Crippen LogP contribution in [0.15, 0.2) is 46.9 Å². The molecule has 0 radical (unpaired) electrons. The zero-order valence-corrected chi connectivity index (χ0v) is 16.0. The number of likely N-dealkylation sites (tertiary alicyclic amines) is 1. The molecule has 1 aliphatic heterocycles. The van der Waals surface area contributed by atoms with Gasteiger partial charge in [-0.15, -0.1) is 10.2 Å². The molecule has 1 unspecified atom stereocenters. The molecule has 2 heterocycles. The number of hydrogen-bond donors (Lipinski definition) is 0. The highest BCUT2D eigenvalue weighted by Gasteiger charge is 2.27. The summed E-state index contributed by atoms with van der Waals surface area (Å²) in [6.45, 7) is 5.86. The fourth-order valence-electron chi connectivity index (χ4n) is 3.70. The second kappa shape index (κ2) is 7.52. The minimum Gasteiger partial charge on any atom is -0.419 e. The van der Waals surface area contributed by atoms with E-state index in [9.17, 15) is 10.1 Å². The van der Waals surface area contributed by atoms with Gasteiger partial charge >= 0.3 is 0 Å². The molecular formula is C21H22N4O3. The van der Waals surface area contributed by atoms with E-state index in [-0.39, 0.29) is 5.69 Å². The largest absolute Gasteiger partial charge is 0.419 e. The smallest absolute Gasteiger partial charge is 0.269 e. The predicted molar refractivity (Wildman–Crippen MR) is 105 cm³/mol. The van der Waals surface area contributed by atoms with Crippen molar-refractivity contribution in [2.24, 2.45) is 0 Å². The first kappa shape index (κ1) is 18.3. The first-order valence-corrected chi connectivity index (χ1v) is 9.39. The van der Waals surface area contributed by atoms with Gasteiger partial charge in [0.25, 0.3) is 5.69 Å². The lowest BCUT2D eigenvalue weighted by Gasteiger charge is -2.23. The summed E-state index contributed by atoms with van der Waals surface area (Å²) in [6.07, 6.45) is 2.26. The number of nitro benzene ring substituents is 1. The van der Waals surface area contributed by atoms with Crippen LogP contribution in [0, 0.1) is 24.0 Å². The summed E-state index contributed by atoms with van der Waals surface area (Å²) < 4.78 is 5.83. The van der Waals surface area contributed by atoms with Gasteiger partial charge in [0, 0.05) is 23.7 Å². The summed E-state index contributed by atoms with van der Waals surface area (Å²) in [5, 5.41) is 19.1.